The SMILES string of the molecule is CN(C)C(=O)NC1CCC(CCN2CCN(c3ccc(O)c(Cl)c3Cl)CC2)CC1. The Morgan fingerprint density at radius 2 is 1.76 bits per heavy atom. The minimum atomic E-state index is 0.0151. The van der Waals surface area contributed by atoms with Crippen molar-refractivity contribution in [3.05, 3.63) is 22.2 Å². The fourth-order valence-electron chi connectivity index (χ4n) is 4.25. The van der Waals surface area contributed by atoms with Gasteiger partial charge in [0.25, 0.3) is 0 Å². The van der Waals surface area contributed by atoms with Crippen LogP contribution in [0.25, 0.3) is 0 Å². The van der Waals surface area contributed by atoms with Gasteiger partial charge in [0.05, 0.1) is 10.7 Å². The first kappa shape index (κ1) is 22.3. The molecule has 1 saturated carbocycles. The molecule has 1 aliphatic heterocycles. The Morgan fingerprint density at radius 3 is 2.38 bits per heavy atom. The third kappa shape index (κ3) is 5.83. The van der Waals surface area contributed by atoms with E-state index in [0.717, 1.165) is 57.2 Å². The van der Waals surface area contributed by atoms with Gasteiger partial charge in [-0.05, 0) is 56.7 Å². The second-order valence-corrected chi connectivity index (χ2v) is 9.17. The van der Waals surface area contributed by atoms with Crippen LogP contribution in [0.3, 0.4) is 0 Å². The highest BCUT2D eigenvalue weighted by atomic mass is 35.5. The Balaban J connectivity index is 1.38. The first-order valence-electron chi connectivity index (χ1n) is 10.5. The summed E-state index contributed by atoms with van der Waals surface area (Å²) in [5, 5.41) is 13.4. The zero-order valence-corrected chi connectivity index (χ0v) is 18.8. The minimum absolute atomic E-state index is 0.0151. The summed E-state index contributed by atoms with van der Waals surface area (Å²) >= 11 is 12.4. The molecule has 1 heterocycles. The number of urea groups is 1. The van der Waals surface area contributed by atoms with E-state index < -0.39 is 0 Å². The number of benzene rings is 1. The number of anilines is 1. The van der Waals surface area contributed by atoms with Crippen molar-refractivity contribution in [3.8, 4) is 5.75 Å². The molecular weight excluding hydrogens is 411 g/mol. The monoisotopic (exact) mass is 442 g/mol. The van der Waals surface area contributed by atoms with Crippen LogP contribution in [0, 0.1) is 5.92 Å². The molecule has 1 aliphatic carbocycles. The van der Waals surface area contributed by atoms with Gasteiger partial charge < -0.3 is 20.2 Å². The van der Waals surface area contributed by atoms with E-state index in [0.29, 0.717) is 11.1 Å². The van der Waals surface area contributed by atoms with E-state index in [4.69, 9.17) is 23.2 Å². The molecule has 0 spiro atoms. The number of piperazine rings is 1. The molecule has 0 bridgehead atoms. The van der Waals surface area contributed by atoms with Gasteiger partial charge in [0.2, 0.25) is 0 Å². The molecule has 162 valence electrons. The van der Waals surface area contributed by atoms with Crippen LogP contribution >= 0.6 is 23.2 Å². The van der Waals surface area contributed by atoms with Gasteiger partial charge in [-0.2, -0.15) is 0 Å². The highest BCUT2D eigenvalue weighted by Gasteiger charge is 2.25. The molecule has 0 aromatic heterocycles. The van der Waals surface area contributed by atoms with E-state index in [1.807, 2.05) is 6.07 Å². The van der Waals surface area contributed by atoms with Crippen molar-refractivity contribution < 1.29 is 9.90 Å². The van der Waals surface area contributed by atoms with Gasteiger partial charge in [0, 0.05) is 46.3 Å². The third-order valence-electron chi connectivity index (χ3n) is 6.19. The maximum absolute atomic E-state index is 11.8. The molecule has 1 aromatic carbocycles. The molecule has 2 aliphatic rings. The molecule has 0 radical (unpaired) electrons. The van der Waals surface area contributed by atoms with Gasteiger partial charge in [0.15, 0.2) is 0 Å². The summed E-state index contributed by atoms with van der Waals surface area (Å²) in [4.78, 5) is 18.1. The average molecular weight is 443 g/mol. The summed E-state index contributed by atoms with van der Waals surface area (Å²) in [6.07, 6.45) is 5.77. The van der Waals surface area contributed by atoms with Crippen LogP contribution in [-0.2, 0) is 0 Å². The Labute approximate surface area is 183 Å². The fraction of sp³-hybridized carbons (Fsp3) is 0.667. The number of amides is 2. The van der Waals surface area contributed by atoms with Crippen LogP contribution < -0.4 is 10.2 Å². The van der Waals surface area contributed by atoms with Crippen molar-refractivity contribution in [2.24, 2.45) is 5.92 Å². The number of carbonyl (C=O) groups excluding carboxylic acids is 1. The summed E-state index contributed by atoms with van der Waals surface area (Å²) in [6, 6.07) is 3.79. The lowest BCUT2D eigenvalue weighted by Crippen LogP contribution is -2.47. The molecular formula is C21H32Cl2N4O2. The molecule has 29 heavy (non-hydrogen) atoms. The number of hydrogen-bond acceptors (Lipinski definition) is 4. The quantitative estimate of drug-likeness (QED) is 0.721. The lowest BCUT2D eigenvalue weighted by Gasteiger charge is -2.37. The highest BCUT2D eigenvalue weighted by molar-refractivity contribution is 6.44. The zero-order chi connectivity index (χ0) is 21.0. The molecule has 2 fully saturated rings. The Kier molecular flexibility index (Phi) is 7.77. The second kappa shape index (κ2) is 10.1. The van der Waals surface area contributed by atoms with E-state index >= 15 is 0 Å². The van der Waals surface area contributed by atoms with Crippen LogP contribution in [0.5, 0.6) is 5.75 Å². The fourth-order valence-corrected chi connectivity index (χ4v) is 4.69. The number of phenolic OH excluding ortho intramolecular Hbond substituents is 1. The molecule has 2 N–H and O–H groups in total. The first-order valence-corrected chi connectivity index (χ1v) is 11.2. The number of aromatic hydroxyl groups is 1. The van der Waals surface area contributed by atoms with Crippen molar-refractivity contribution in [1.29, 1.82) is 0 Å². The predicted molar refractivity (Wildman–Crippen MR) is 119 cm³/mol. The van der Waals surface area contributed by atoms with Crippen LogP contribution in [0.4, 0.5) is 10.5 Å². The van der Waals surface area contributed by atoms with Crippen LogP contribution in [0.15, 0.2) is 12.1 Å². The molecule has 3 rings (SSSR count). The largest absolute Gasteiger partial charge is 0.506 e. The minimum Gasteiger partial charge on any atom is -0.506 e. The van der Waals surface area contributed by atoms with Gasteiger partial charge in [-0.15, -0.1) is 0 Å². The average Bonchev–Trinajstić information content (AvgIpc) is 2.72. The zero-order valence-electron chi connectivity index (χ0n) is 17.3. The number of rotatable bonds is 5. The van der Waals surface area contributed by atoms with Gasteiger partial charge in [-0.1, -0.05) is 23.2 Å². The van der Waals surface area contributed by atoms with Crippen molar-refractivity contribution in [2.75, 3.05) is 51.7 Å². The second-order valence-electron chi connectivity index (χ2n) is 8.41. The molecule has 1 aromatic rings. The number of carbonyl (C=O) groups is 1. The number of nitrogens with zero attached hydrogens (tertiary/aromatic N) is 3. The first-order chi connectivity index (χ1) is 13.8. The van der Waals surface area contributed by atoms with Gasteiger partial charge >= 0.3 is 6.03 Å². The van der Waals surface area contributed by atoms with Crippen LogP contribution in [-0.4, -0.2) is 73.8 Å². The lowest BCUT2D eigenvalue weighted by atomic mass is 9.84. The summed E-state index contributed by atoms with van der Waals surface area (Å²) < 4.78 is 0. The van der Waals surface area contributed by atoms with Gasteiger partial charge in [-0.3, -0.25) is 4.90 Å². The summed E-state index contributed by atoms with van der Waals surface area (Å²) in [5.74, 6) is 0.779. The maximum atomic E-state index is 11.8. The van der Waals surface area contributed by atoms with Crippen molar-refractivity contribution in [1.82, 2.24) is 15.1 Å². The highest BCUT2D eigenvalue weighted by Crippen LogP contribution is 2.38. The standard InChI is InChI=1S/C21H32Cl2N4O2/c1-25(2)21(29)24-16-5-3-15(4-6-16)9-10-26-11-13-27(14-12-26)17-7-8-18(28)20(23)19(17)22/h7-8,15-16,28H,3-6,9-14H2,1-2H3,(H,24,29). The molecule has 1 saturated heterocycles. The van der Waals surface area contributed by atoms with E-state index in [1.165, 1.54) is 19.3 Å². The molecule has 0 atom stereocenters. The normalized spacial score (nSPS) is 23.1. The summed E-state index contributed by atoms with van der Waals surface area (Å²) in [7, 11) is 3.57. The number of hydrogen-bond donors (Lipinski definition) is 2. The number of nitrogens with one attached hydrogen (secondary N) is 1. The van der Waals surface area contributed by atoms with Crippen molar-refractivity contribution in [2.45, 2.75) is 38.1 Å². The van der Waals surface area contributed by atoms with Gasteiger partial charge in [0.1, 0.15) is 10.8 Å². The maximum Gasteiger partial charge on any atom is 0.317 e. The molecule has 8 heteroatoms. The Hall–Kier alpha value is -1.37. The topological polar surface area (TPSA) is 59.1 Å². The third-order valence-corrected chi connectivity index (χ3v) is 7.05. The van der Waals surface area contributed by atoms with Crippen molar-refractivity contribution >= 4 is 34.9 Å². The van der Waals surface area contributed by atoms with Crippen molar-refractivity contribution in [3.63, 3.8) is 0 Å². The smallest absolute Gasteiger partial charge is 0.317 e. The number of phenols is 1. The summed E-state index contributed by atoms with van der Waals surface area (Å²) in [5.41, 5.74) is 0.896. The molecule has 0 unspecified atom stereocenters. The van der Waals surface area contributed by atoms with Crippen LogP contribution in [0.2, 0.25) is 10.0 Å². The van der Waals surface area contributed by atoms with E-state index in [1.54, 1.807) is 25.1 Å². The van der Waals surface area contributed by atoms with Gasteiger partial charge in [-0.25, -0.2) is 4.79 Å². The molecule has 6 nitrogen and oxygen atoms in total. The Morgan fingerprint density at radius 1 is 1.10 bits per heavy atom. The number of halogens is 2. The van der Waals surface area contributed by atoms with E-state index in [9.17, 15) is 9.90 Å². The summed E-state index contributed by atoms with van der Waals surface area (Å²) in [6.45, 7) is 4.94. The van der Waals surface area contributed by atoms with E-state index in [-0.39, 0.29) is 16.8 Å². The molecule has 2 amide bonds. The van der Waals surface area contributed by atoms with E-state index in [2.05, 4.69) is 15.1 Å². The lowest BCUT2D eigenvalue weighted by molar-refractivity contribution is 0.194. The predicted octanol–water partition coefficient (Wildman–Crippen LogP) is 4.04. The van der Waals surface area contributed by atoms with Crippen LogP contribution in [0.1, 0.15) is 32.1 Å². The Bertz CT molecular complexity index is 700.